The fraction of sp³-hybridized carbons (Fsp3) is 1.00. The van der Waals surface area contributed by atoms with E-state index in [-0.39, 0.29) is 0 Å². The van der Waals surface area contributed by atoms with E-state index in [1.54, 1.807) is 0 Å². The Morgan fingerprint density at radius 1 is 1.38 bits per heavy atom. The van der Waals surface area contributed by atoms with E-state index in [4.69, 9.17) is 9.47 Å². The zero-order valence-electron chi connectivity index (χ0n) is 11.4. The molecule has 0 aromatic rings. The van der Waals surface area contributed by atoms with Crippen molar-refractivity contribution in [2.75, 3.05) is 20.3 Å². The van der Waals surface area contributed by atoms with E-state index in [9.17, 15) is 0 Å². The Kier molecular flexibility index (Phi) is 5.77. The van der Waals surface area contributed by atoms with Crippen LogP contribution in [0.25, 0.3) is 0 Å². The van der Waals surface area contributed by atoms with Gasteiger partial charge in [-0.05, 0) is 32.1 Å². The number of rotatable bonds is 7. The van der Waals surface area contributed by atoms with Gasteiger partial charge in [0.25, 0.3) is 0 Å². The van der Waals surface area contributed by atoms with Crippen LogP contribution in [-0.2, 0) is 9.47 Å². The van der Waals surface area contributed by atoms with Gasteiger partial charge in [-0.2, -0.15) is 0 Å². The van der Waals surface area contributed by atoms with Gasteiger partial charge < -0.3 is 9.47 Å². The molecule has 0 aromatic heterocycles. The fourth-order valence-electron chi connectivity index (χ4n) is 2.88. The van der Waals surface area contributed by atoms with Crippen molar-refractivity contribution in [1.82, 2.24) is 0 Å². The van der Waals surface area contributed by atoms with Gasteiger partial charge in [0.2, 0.25) is 0 Å². The highest BCUT2D eigenvalue weighted by molar-refractivity contribution is 4.93. The van der Waals surface area contributed by atoms with Gasteiger partial charge in [0.15, 0.2) is 0 Å². The second-order valence-corrected chi connectivity index (χ2v) is 5.55. The molecule has 2 atom stereocenters. The molecule has 0 N–H and O–H groups in total. The van der Waals surface area contributed by atoms with Crippen molar-refractivity contribution in [2.24, 2.45) is 11.3 Å². The average Bonchev–Trinajstić information content (AvgIpc) is 2.67. The Bertz CT molecular complexity index is 191. The van der Waals surface area contributed by atoms with Crippen LogP contribution in [0, 0.1) is 11.3 Å². The van der Waals surface area contributed by atoms with Crippen LogP contribution in [-0.4, -0.2) is 26.4 Å². The lowest BCUT2D eigenvalue weighted by atomic mass is 9.78. The molecule has 2 nitrogen and oxygen atoms in total. The van der Waals surface area contributed by atoms with Crippen molar-refractivity contribution in [3.63, 3.8) is 0 Å². The third kappa shape index (κ3) is 3.46. The van der Waals surface area contributed by atoms with Crippen molar-refractivity contribution >= 4 is 0 Å². The average molecular weight is 228 g/mol. The summed E-state index contributed by atoms with van der Waals surface area (Å²) in [4.78, 5) is 0. The minimum atomic E-state index is 0.301. The number of methoxy groups -OCH3 is 1. The topological polar surface area (TPSA) is 18.5 Å². The van der Waals surface area contributed by atoms with Crippen LogP contribution in [0.3, 0.4) is 0 Å². The van der Waals surface area contributed by atoms with E-state index in [0.717, 1.165) is 19.1 Å². The first-order valence-electron chi connectivity index (χ1n) is 6.75. The highest BCUT2D eigenvalue weighted by Crippen LogP contribution is 2.44. The lowest BCUT2D eigenvalue weighted by Crippen LogP contribution is -2.36. The zero-order chi connectivity index (χ0) is 12.0. The van der Waals surface area contributed by atoms with Crippen LogP contribution in [0.5, 0.6) is 0 Å². The maximum atomic E-state index is 5.71. The second-order valence-electron chi connectivity index (χ2n) is 5.55. The van der Waals surface area contributed by atoms with Crippen molar-refractivity contribution < 1.29 is 9.47 Å². The summed E-state index contributed by atoms with van der Waals surface area (Å²) in [6, 6.07) is 0. The molecule has 0 aromatic carbocycles. The third-order valence-electron chi connectivity index (χ3n) is 3.92. The summed E-state index contributed by atoms with van der Waals surface area (Å²) in [5.41, 5.74) is 0.301. The van der Waals surface area contributed by atoms with E-state index in [1.165, 1.54) is 32.1 Å². The lowest BCUT2D eigenvalue weighted by Gasteiger charge is -2.35. The van der Waals surface area contributed by atoms with Crippen molar-refractivity contribution in [3.05, 3.63) is 0 Å². The molecule has 1 fully saturated rings. The summed E-state index contributed by atoms with van der Waals surface area (Å²) >= 11 is 0. The first-order chi connectivity index (χ1) is 7.64. The summed E-state index contributed by atoms with van der Waals surface area (Å²) in [5, 5.41) is 0. The minimum absolute atomic E-state index is 0.301. The van der Waals surface area contributed by atoms with Crippen LogP contribution in [0.2, 0.25) is 0 Å². The Labute approximate surface area is 101 Å². The van der Waals surface area contributed by atoms with Gasteiger partial charge in [0, 0.05) is 19.1 Å². The van der Waals surface area contributed by atoms with Gasteiger partial charge >= 0.3 is 0 Å². The summed E-state index contributed by atoms with van der Waals surface area (Å²) in [6.45, 7) is 8.37. The molecule has 2 unspecified atom stereocenters. The maximum Gasteiger partial charge on any atom is 0.0649 e. The van der Waals surface area contributed by atoms with Crippen LogP contribution in [0.15, 0.2) is 0 Å². The van der Waals surface area contributed by atoms with E-state index >= 15 is 0 Å². The largest absolute Gasteiger partial charge is 0.381 e. The SMILES string of the molecule is CCOCC1(CCC(C)C)CCCC1OC. The van der Waals surface area contributed by atoms with E-state index in [2.05, 4.69) is 20.8 Å². The molecule has 2 heteroatoms. The van der Waals surface area contributed by atoms with Crippen molar-refractivity contribution in [2.45, 2.75) is 59.0 Å². The van der Waals surface area contributed by atoms with Gasteiger partial charge in [0.05, 0.1) is 12.7 Å². The monoisotopic (exact) mass is 228 g/mol. The van der Waals surface area contributed by atoms with Crippen LogP contribution in [0.1, 0.15) is 52.9 Å². The molecule has 0 saturated heterocycles. The highest BCUT2D eigenvalue weighted by atomic mass is 16.5. The standard InChI is InChI=1S/C14H28O2/c1-5-16-11-14(10-8-12(2)3)9-6-7-13(14)15-4/h12-13H,5-11H2,1-4H3. The van der Waals surface area contributed by atoms with Gasteiger partial charge in [-0.15, -0.1) is 0 Å². The van der Waals surface area contributed by atoms with Crippen molar-refractivity contribution in [3.8, 4) is 0 Å². The summed E-state index contributed by atoms with van der Waals surface area (Å²) < 4.78 is 11.4. The second kappa shape index (κ2) is 6.61. The van der Waals surface area contributed by atoms with Crippen molar-refractivity contribution in [1.29, 1.82) is 0 Å². The number of hydrogen-bond acceptors (Lipinski definition) is 2. The van der Waals surface area contributed by atoms with E-state index in [1.807, 2.05) is 7.11 Å². The minimum Gasteiger partial charge on any atom is -0.381 e. The molecule has 16 heavy (non-hydrogen) atoms. The molecule has 0 spiro atoms. The van der Waals surface area contributed by atoms with E-state index < -0.39 is 0 Å². The molecule has 0 amide bonds. The molecular formula is C14H28O2. The van der Waals surface area contributed by atoms with Crippen LogP contribution in [0.4, 0.5) is 0 Å². The Hall–Kier alpha value is -0.0800. The quantitative estimate of drug-likeness (QED) is 0.662. The Morgan fingerprint density at radius 3 is 2.69 bits per heavy atom. The smallest absolute Gasteiger partial charge is 0.0649 e. The molecule has 0 aliphatic heterocycles. The third-order valence-corrected chi connectivity index (χ3v) is 3.92. The summed E-state index contributed by atoms with van der Waals surface area (Å²) in [7, 11) is 1.85. The molecule has 96 valence electrons. The van der Waals surface area contributed by atoms with Gasteiger partial charge in [-0.25, -0.2) is 0 Å². The van der Waals surface area contributed by atoms with Crippen LogP contribution < -0.4 is 0 Å². The molecule has 1 saturated carbocycles. The fourth-order valence-corrected chi connectivity index (χ4v) is 2.88. The molecule has 1 rings (SSSR count). The highest BCUT2D eigenvalue weighted by Gasteiger charge is 2.42. The molecule has 0 radical (unpaired) electrons. The molecule has 0 heterocycles. The number of ether oxygens (including phenoxy) is 2. The van der Waals surface area contributed by atoms with Gasteiger partial charge in [-0.1, -0.05) is 26.7 Å². The first kappa shape index (κ1) is 14.0. The predicted molar refractivity (Wildman–Crippen MR) is 67.6 cm³/mol. The van der Waals surface area contributed by atoms with Gasteiger partial charge in [0.1, 0.15) is 0 Å². The van der Waals surface area contributed by atoms with Gasteiger partial charge in [-0.3, -0.25) is 0 Å². The normalized spacial score (nSPS) is 30.2. The van der Waals surface area contributed by atoms with Crippen LogP contribution >= 0.6 is 0 Å². The molecule has 0 bridgehead atoms. The molecule has 1 aliphatic rings. The first-order valence-corrected chi connectivity index (χ1v) is 6.75. The number of hydrogen-bond donors (Lipinski definition) is 0. The predicted octanol–water partition coefficient (Wildman–Crippen LogP) is 3.64. The summed E-state index contributed by atoms with van der Waals surface area (Å²) in [6.07, 6.45) is 6.73. The Morgan fingerprint density at radius 2 is 2.12 bits per heavy atom. The maximum absolute atomic E-state index is 5.71. The molecular weight excluding hydrogens is 200 g/mol. The lowest BCUT2D eigenvalue weighted by molar-refractivity contribution is -0.0509. The van der Waals surface area contributed by atoms with E-state index in [0.29, 0.717) is 11.5 Å². The Balaban J connectivity index is 2.59. The summed E-state index contributed by atoms with van der Waals surface area (Å²) in [5.74, 6) is 0.775. The molecule has 1 aliphatic carbocycles. The zero-order valence-corrected chi connectivity index (χ0v) is 11.4.